The van der Waals surface area contributed by atoms with Crippen LogP contribution in [0.2, 0.25) is 5.04 Å². The van der Waals surface area contributed by atoms with Crippen molar-refractivity contribution in [3.63, 3.8) is 0 Å². The fraction of sp³-hybridized carbons (Fsp3) is 1.00. The maximum atomic E-state index is 5.75. The number of rotatable bonds is 3. The van der Waals surface area contributed by atoms with Gasteiger partial charge in [-0.3, -0.25) is 0 Å². The molecule has 0 saturated heterocycles. The minimum atomic E-state index is -0.381. The van der Waals surface area contributed by atoms with Gasteiger partial charge in [0.1, 0.15) is 8.83 Å². The van der Waals surface area contributed by atoms with Crippen LogP contribution in [0, 0.1) is 0 Å². The van der Waals surface area contributed by atoms with Gasteiger partial charge in [-0.25, -0.2) is 0 Å². The molecule has 0 aromatic heterocycles. The molecule has 0 nitrogen and oxygen atoms in total. The highest BCUT2D eigenvalue weighted by Crippen LogP contribution is 2.28. The first-order valence-electron chi connectivity index (χ1n) is 2.74. The van der Waals surface area contributed by atoms with Crippen molar-refractivity contribution < 1.29 is 0 Å². The molecule has 0 aliphatic carbocycles. The number of hydrogen-bond acceptors (Lipinski definition) is 0. The van der Waals surface area contributed by atoms with Gasteiger partial charge in [-0.1, -0.05) is 13.8 Å². The highest BCUT2D eigenvalue weighted by Gasteiger charge is 2.15. The minimum Gasteiger partial charge on any atom is -0.176 e. The third-order valence-electron chi connectivity index (χ3n) is 1.13. The summed E-state index contributed by atoms with van der Waals surface area (Å²) in [4.78, 5) is 0. The second kappa shape index (κ2) is 3.75. The summed E-state index contributed by atoms with van der Waals surface area (Å²) in [6.45, 7) is 4.35. The third-order valence-corrected chi connectivity index (χ3v) is 4.57. The SMILES string of the molecule is CC(C)(CCCl)[SiH2]Cl. The van der Waals surface area contributed by atoms with Crippen molar-refractivity contribution in [2.24, 2.45) is 0 Å². The highest BCUT2D eigenvalue weighted by molar-refractivity contribution is 6.95. The molecule has 0 bridgehead atoms. The molecule has 0 saturated carbocycles. The summed E-state index contributed by atoms with van der Waals surface area (Å²) in [6, 6.07) is 0. The van der Waals surface area contributed by atoms with E-state index < -0.39 is 0 Å². The normalized spacial score (nSPS) is 13.5. The zero-order valence-corrected chi connectivity index (χ0v) is 8.30. The summed E-state index contributed by atoms with van der Waals surface area (Å²) < 4.78 is 0. The fourth-order valence-corrected chi connectivity index (χ4v) is 1.77. The Hall–Kier alpha value is 0.797. The van der Waals surface area contributed by atoms with Crippen molar-refractivity contribution in [2.75, 3.05) is 5.88 Å². The summed E-state index contributed by atoms with van der Waals surface area (Å²) >= 11 is 11.3. The van der Waals surface area contributed by atoms with Gasteiger partial charge in [0.2, 0.25) is 0 Å². The van der Waals surface area contributed by atoms with Crippen LogP contribution in [-0.4, -0.2) is 14.7 Å². The predicted octanol–water partition coefficient (Wildman–Crippen LogP) is 2.14. The molecule has 3 heteroatoms. The van der Waals surface area contributed by atoms with Gasteiger partial charge in [-0.2, -0.15) is 11.1 Å². The van der Waals surface area contributed by atoms with Crippen LogP contribution in [-0.2, 0) is 0 Å². The quantitative estimate of drug-likeness (QED) is 0.346. The Morgan fingerprint density at radius 3 is 2.12 bits per heavy atom. The largest absolute Gasteiger partial charge is 0.176 e. The molecule has 0 aromatic rings. The van der Waals surface area contributed by atoms with Crippen molar-refractivity contribution >= 4 is 31.5 Å². The van der Waals surface area contributed by atoms with Crippen molar-refractivity contribution in [3.05, 3.63) is 0 Å². The summed E-state index contributed by atoms with van der Waals surface area (Å²) in [7, 11) is -0.381. The number of hydrogen-bond donors (Lipinski definition) is 0. The van der Waals surface area contributed by atoms with E-state index in [9.17, 15) is 0 Å². The lowest BCUT2D eigenvalue weighted by Crippen LogP contribution is -2.08. The smallest absolute Gasteiger partial charge is 0.130 e. The average Bonchev–Trinajstić information content (AvgIpc) is 1.67. The van der Waals surface area contributed by atoms with Gasteiger partial charge < -0.3 is 0 Å². The van der Waals surface area contributed by atoms with E-state index in [0.717, 1.165) is 12.3 Å². The Morgan fingerprint density at radius 2 is 2.00 bits per heavy atom. The molecule has 0 aliphatic heterocycles. The summed E-state index contributed by atoms with van der Waals surface area (Å²) in [5.41, 5.74) is 0. The molecule has 0 fully saturated rings. The maximum absolute atomic E-state index is 5.75. The third kappa shape index (κ3) is 3.76. The highest BCUT2D eigenvalue weighted by atomic mass is 35.6. The average molecular weight is 171 g/mol. The molecule has 0 heterocycles. The summed E-state index contributed by atoms with van der Waals surface area (Å²) in [5.74, 6) is 0.743. The number of alkyl halides is 1. The van der Waals surface area contributed by atoms with E-state index in [1.165, 1.54) is 0 Å². The fourth-order valence-electron chi connectivity index (χ4n) is 0.323. The second-order valence-electron chi connectivity index (χ2n) is 2.74. The molecule has 0 aromatic carbocycles. The van der Waals surface area contributed by atoms with Crippen molar-refractivity contribution in [1.29, 1.82) is 0 Å². The van der Waals surface area contributed by atoms with Gasteiger partial charge in [-0.15, -0.1) is 11.6 Å². The number of halogens is 2. The Bertz CT molecular complexity index is 63.4. The lowest BCUT2D eigenvalue weighted by molar-refractivity contribution is 0.655. The molecule has 0 aliphatic rings. The van der Waals surface area contributed by atoms with Crippen LogP contribution in [0.25, 0.3) is 0 Å². The van der Waals surface area contributed by atoms with E-state index in [0.29, 0.717) is 5.04 Å². The molecule has 50 valence electrons. The van der Waals surface area contributed by atoms with Gasteiger partial charge in [0.25, 0.3) is 0 Å². The lowest BCUT2D eigenvalue weighted by atomic mass is 10.1. The van der Waals surface area contributed by atoms with Crippen molar-refractivity contribution in [1.82, 2.24) is 0 Å². The molecular weight excluding hydrogens is 159 g/mol. The van der Waals surface area contributed by atoms with Gasteiger partial charge in [0, 0.05) is 5.88 Å². The van der Waals surface area contributed by atoms with Crippen LogP contribution in [0.4, 0.5) is 0 Å². The lowest BCUT2D eigenvalue weighted by Gasteiger charge is -2.17. The zero-order chi connectivity index (χ0) is 6.62. The van der Waals surface area contributed by atoms with Crippen LogP contribution in [0.15, 0.2) is 0 Å². The standard InChI is InChI=1S/C5H12Cl2Si/c1-5(2,8-7)3-4-6/h3-4,8H2,1-2H3. The van der Waals surface area contributed by atoms with Crippen LogP contribution in [0.3, 0.4) is 0 Å². The first kappa shape index (κ1) is 8.80. The van der Waals surface area contributed by atoms with E-state index in [1.54, 1.807) is 0 Å². The van der Waals surface area contributed by atoms with E-state index in [1.807, 2.05) is 0 Å². The minimum absolute atomic E-state index is 0.364. The monoisotopic (exact) mass is 170 g/mol. The Kier molecular flexibility index (Phi) is 4.13. The maximum Gasteiger partial charge on any atom is 0.130 e. The van der Waals surface area contributed by atoms with Crippen molar-refractivity contribution in [2.45, 2.75) is 25.3 Å². The first-order chi connectivity index (χ1) is 3.62. The Labute approximate surface area is 63.1 Å². The zero-order valence-electron chi connectivity index (χ0n) is 5.38. The topological polar surface area (TPSA) is 0 Å². The van der Waals surface area contributed by atoms with Crippen LogP contribution in [0.1, 0.15) is 20.3 Å². The molecule has 8 heavy (non-hydrogen) atoms. The predicted molar refractivity (Wildman–Crippen MR) is 43.8 cm³/mol. The first-order valence-corrected chi connectivity index (χ1v) is 6.12. The van der Waals surface area contributed by atoms with Crippen LogP contribution >= 0.6 is 22.7 Å². The van der Waals surface area contributed by atoms with Crippen LogP contribution < -0.4 is 0 Å². The molecule has 0 rings (SSSR count). The van der Waals surface area contributed by atoms with E-state index in [4.69, 9.17) is 22.7 Å². The Balaban J connectivity index is 3.37. The van der Waals surface area contributed by atoms with E-state index in [-0.39, 0.29) is 8.83 Å². The Morgan fingerprint density at radius 1 is 1.50 bits per heavy atom. The van der Waals surface area contributed by atoms with Crippen LogP contribution in [0.5, 0.6) is 0 Å². The van der Waals surface area contributed by atoms with E-state index in [2.05, 4.69) is 13.8 Å². The molecular formula is C5H12Cl2Si. The van der Waals surface area contributed by atoms with Gasteiger partial charge in [-0.05, 0) is 11.5 Å². The molecule has 0 N–H and O–H groups in total. The van der Waals surface area contributed by atoms with Gasteiger partial charge in [0.05, 0.1) is 0 Å². The summed E-state index contributed by atoms with van der Waals surface area (Å²) in [6.07, 6.45) is 1.06. The van der Waals surface area contributed by atoms with Gasteiger partial charge >= 0.3 is 0 Å². The molecule has 0 atom stereocenters. The molecule has 0 spiro atoms. The molecule has 0 unspecified atom stereocenters. The second-order valence-corrected chi connectivity index (χ2v) is 6.10. The van der Waals surface area contributed by atoms with Crippen molar-refractivity contribution in [3.8, 4) is 0 Å². The summed E-state index contributed by atoms with van der Waals surface area (Å²) in [5, 5.41) is 0.364. The van der Waals surface area contributed by atoms with E-state index >= 15 is 0 Å². The van der Waals surface area contributed by atoms with Gasteiger partial charge in [0.15, 0.2) is 0 Å². The molecule has 0 amide bonds. The molecule has 0 radical (unpaired) electrons.